The van der Waals surface area contributed by atoms with Crippen molar-refractivity contribution in [2.45, 2.75) is 12.3 Å². The predicted molar refractivity (Wildman–Crippen MR) is 85.8 cm³/mol. The van der Waals surface area contributed by atoms with Gasteiger partial charge in [0, 0.05) is 41.6 Å². The summed E-state index contributed by atoms with van der Waals surface area (Å²) in [4.78, 5) is 17.6. The highest BCUT2D eigenvalue weighted by Crippen LogP contribution is 2.40. The van der Waals surface area contributed by atoms with Crippen molar-refractivity contribution in [3.05, 3.63) is 53.2 Å². The van der Waals surface area contributed by atoms with E-state index in [2.05, 4.69) is 15.4 Å². The fraction of sp³-hybridized carbons (Fsp3) is 0.188. The first-order chi connectivity index (χ1) is 10.7. The molecule has 0 aliphatic carbocycles. The van der Waals surface area contributed by atoms with Crippen molar-refractivity contribution in [3.8, 4) is 10.6 Å². The van der Waals surface area contributed by atoms with E-state index >= 15 is 0 Å². The van der Waals surface area contributed by atoms with Crippen LogP contribution in [-0.2, 0) is 11.8 Å². The van der Waals surface area contributed by atoms with Gasteiger partial charge in [0.25, 0.3) is 0 Å². The Morgan fingerprint density at radius 3 is 2.91 bits per heavy atom. The van der Waals surface area contributed by atoms with Crippen LogP contribution in [0.1, 0.15) is 22.8 Å². The molecular formula is C16H14N4OS. The number of anilines is 1. The molecular weight excluding hydrogens is 296 g/mol. The van der Waals surface area contributed by atoms with Gasteiger partial charge in [-0.2, -0.15) is 5.10 Å². The van der Waals surface area contributed by atoms with E-state index in [1.54, 1.807) is 16.0 Å². The molecule has 0 spiro atoms. The van der Waals surface area contributed by atoms with Gasteiger partial charge in [0.2, 0.25) is 5.91 Å². The van der Waals surface area contributed by atoms with Crippen molar-refractivity contribution >= 4 is 23.1 Å². The molecule has 1 N–H and O–H groups in total. The van der Waals surface area contributed by atoms with Gasteiger partial charge in [0.05, 0.1) is 6.20 Å². The smallest absolute Gasteiger partial charge is 0.226 e. The van der Waals surface area contributed by atoms with Crippen LogP contribution in [0.15, 0.2) is 42.7 Å². The number of aryl methyl sites for hydroxylation is 1. The number of aromatic nitrogens is 3. The van der Waals surface area contributed by atoms with Crippen molar-refractivity contribution in [1.82, 2.24) is 14.8 Å². The van der Waals surface area contributed by atoms with Gasteiger partial charge in [-0.1, -0.05) is 30.3 Å². The Labute approximate surface area is 131 Å². The number of carbonyl (C=O) groups is 1. The Kier molecular flexibility index (Phi) is 3.04. The van der Waals surface area contributed by atoms with Crippen LogP contribution >= 0.6 is 11.3 Å². The van der Waals surface area contributed by atoms with Crippen molar-refractivity contribution in [2.24, 2.45) is 7.05 Å². The van der Waals surface area contributed by atoms with Crippen LogP contribution in [0.2, 0.25) is 0 Å². The maximum atomic E-state index is 12.0. The Balaban J connectivity index is 1.74. The summed E-state index contributed by atoms with van der Waals surface area (Å²) in [5, 5.41) is 8.13. The zero-order valence-electron chi connectivity index (χ0n) is 12.0. The van der Waals surface area contributed by atoms with Crippen molar-refractivity contribution in [1.29, 1.82) is 0 Å². The quantitative estimate of drug-likeness (QED) is 0.791. The van der Waals surface area contributed by atoms with Crippen LogP contribution in [0, 0.1) is 0 Å². The number of fused-ring (bicyclic) bond motifs is 1. The second-order valence-corrected chi connectivity index (χ2v) is 6.37. The van der Waals surface area contributed by atoms with E-state index in [-0.39, 0.29) is 11.8 Å². The molecule has 3 heterocycles. The summed E-state index contributed by atoms with van der Waals surface area (Å²) in [7, 11) is 1.84. The van der Waals surface area contributed by atoms with Crippen LogP contribution in [0.5, 0.6) is 0 Å². The lowest BCUT2D eigenvalue weighted by Gasteiger charge is -2.21. The fourth-order valence-electron chi connectivity index (χ4n) is 2.76. The van der Waals surface area contributed by atoms with Gasteiger partial charge >= 0.3 is 0 Å². The van der Waals surface area contributed by atoms with E-state index in [0.717, 1.165) is 26.8 Å². The third-order valence-corrected chi connectivity index (χ3v) is 5.04. The molecule has 1 amide bonds. The summed E-state index contributed by atoms with van der Waals surface area (Å²) in [5.41, 5.74) is 2.16. The molecule has 4 rings (SSSR count). The maximum Gasteiger partial charge on any atom is 0.226 e. The van der Waals surface area contributed by atoms with E-state index in [4.69, 9.17) is 0 Å². The SMILES string of the molecule is Cn1ncc2c1NC(=O)CC2c1cnc(-c2ccccc2)s1. The molecule has 1 aliphatic rings. The van der Waals surface area contributed by atoms with Gasteiger partial charge < -0.3 is 5.32 Å². The molecule has 5 nitrogen and oxygen atoms in total. The molecule has 1 aliphatic heterocycles. The minimum atomic E-state index is 0.0239. The third kappa shape index (κ3) is 2.12. The minimum Gasteiger partial charge on any atom is -0.311 e. The number of rotatable bonds is 2. The number of thiazole rings is 1. The predicted octanol–water partition coefficient (Wildman–Crippen LogP) is 3.02. The summed E-state index contributed by atoms with van der Waals surface area (Å²) < 4.78 is 1.71. The zero-order valence-corrected chi connectivity index (χ0v) is 12.8. The topological polar surface area (TPSA) is 59.8 Å². The van der Waals surface area contributed by atoms with E-state index < -0.39 is 0 Å². The molecule has 1 unspecified atom stereocenters. The van der Waals surface area contributed by atoms with Crippen LogP contribution in [0.4, 0.5) is 5.82 Å². The van der Waals surface area contributed by atoms with Crippen LogP contribution in [-0.4, -0.2) is 20.7 Å². The lowest BCUT2D eigenvalue weighted by molar-refractivity contribution is -0.116. The first-order valence-corrected chi connectivity index (χ1v) is 7.87. The summed E-state index contributed by atoms with van der Waals surface area (Å²) in [6, 6.07) is 10.1. The number of benzene rings is 1. The highest BCUT2D eigenvalue weighted by molar-refractivity contribution is 7.15. The minimum absolute atomic E-state index is 0.0239. The first kappa shape index (κ1) is 13.2. The average molecular weight is 310 g/mol. The summed E-state index contributed by atoms with van der Waals surface area (Å²) in [5.74, 6) is 0.846. The van der Waals surface area contributed by atoms with Crippen molar-refractivity contribution in [3.63, 3.8) is 0 Å². The Morgan fingerprint density at radius 1 is 1.27 bits per heavy atom. The molecule has 0 saturated carbocycles. The lowest BCUT2D eigenvalue weighted by atomic mass is 9.93. The van der Waals surface area contributed by atoms with Gasteiger partial charge in [0.1, 0.15) is 10.8 Å². The second-order valence-electron chi connectivity index (χ2n) is 5.31. The largest absolute Gasteiger partial charge is 0.311 e. The van der Waals surface area contributed by atoms with Crippen LogP contribution in [0.3, 0.4) is 0 Å². The molecule has 1 atom stereocenters. The Morgan fingerprint density at radius 2 is 2.09 bits per heavy atom. The molecule has 3 aromatic rings. The molecule has 0 bridgehead atoms. The molecule has 110 valence electrons. The molecule has 6 heteroatoms. The molecule has 0 saturated heterocycles. The number of hydrogen-bond donors (Lipinski definition) is 1. The Hall–Kier alpha value is -2.47. The van der Waals surface area contributed by atoms with Gasteiger partial charge in [-0.05, 0) is 0 Å². The van der Waals surface area contributed by atoms with Crippen molar-refractivity contribution in [2.75, 3.05) is 5.32 Å². The molecule has 1 aromatic carbocycles. The molecule has 2 aromatic heterocycles. The summed E-state index contributed by atoms with van der Waals surface area (Å²) in [6.45, 7) is 0. The zero-order chi connectivity index (χ0) is 15.1. The Bertz CT molecular complexity index is 837. The van der Waals surface area contributed by atoms with Crippen LogP contribution < -0.4 is 5.32 Å². The highest BCUT2D eigenvalue weighted by Gasteiger charge is 2.30. The van der Waals surface area contributed by atoms with Crippen LogP contribution in [0.25, 0.3) is 10.6 Å². The molecule has 22 heavy (non-hydrogen) atoms. The first-order valence-electron chi connectivity index (χ1n) is 7.05. The van der Waals surface area contributed by atoms with E-state index in [0.29, 0.717) is 6.42 Å². The lowest BCUT2D eigenvalue weighted by Crippen LogP contribution is -2.23. The van der Waals surface area contributed by atoms with Gasteiger partial charge in [-0.25, -0.2) is 4.98 Å². The third-order valence-electron chi connectivity index (χ3n) is 3.88. The highest BCUT2D eigenvalue weighted by atomic mass is 32.1. The molecule has 0 fully saturated rings. The second kappa shape index (κ2) is 5.06. The van der Waals surface area contributed by atoms with Gasteiger partial charge in [-0.15, -0.1) is 11.3 Å². The van der Waals surface area contributed by atoms with Crippen molar-refractivity contribution < 1.29 is 4.79 Å². The van der Waals surface area contributed by atoms with Gasteiger partial charge in [0.15, 0.2) is 0 Å². The van der Waals surface area contributed by atoms with E-state index in [1.807, 2.05) is 49.8 Å². The normalized spacial score (nSPS) is 17.1. The number of carbonyl (C=O) groups excluding carboxylic acids is 1. The monoisotopic (exact) mass is 310 g/mol. The number of nitrogens with zero attached hydrogens (tertiary/aromatic N) is 3. The number of hydrogen-bond acceptors (Lipinski definition) is 4. The van der Waals surface area contributed by atoms with E-state index in [9.17, 15) is 4.79 Å². The van der Waals surface area contributed by atoms with Gasteiger partial charge in [-0.3, -0.25) is 9.48 Å². The average Bonchev–Trinajstić information content (AvgIpc) is 3.16. The van der Waals surface area contributed by atoms with E-state index in [1.165, 1.54) is 0 Å². The summed E-state index contributed by atoms with van der Waals surface area (Å²) >= 11 is 1.64. The standard InChI is InChI=1S/C16H14N4OS/c1-20-15-12(8-18-20)11(7-14(21)19-15)13-9-17-16(22-13)10-5-3-2-4-6-10/h2-6,8-9,11H,7H2,1H3,(H,19,21). The number of nitrogens with one attached hydrogen (secondary N) is 1. The number of amides is 1. The summed E-state index contributed by atoms with van der Waals surface area (Å²) in [6.07, 6.45) is 4.16. The maximum absolute atomic E-state index is 12.0. The molecule has 0 radical (unpaired) electrons. The fourth-order valence-corrected chi connectivity index (χ4v) is 3.80.